The van der Waals surface area contributed by atoms with Gasteiger partial charge in [0.05, 0.1) is 25.4 Å². The minimum absolute atomic E-state index is 0.235. The largest absolute Gasteiger partial charge is 0.389 e. The molecule has 0 unspecified atom stereocenters. The van der Waals surface area contributed by atoms with E-state index in [1.54, 1.807) is 0 Å². The fourth-order valence-electron chi connectivity index (χ4n) is 2.47. The Hall–Kier alpha value is -0.160. The molecule has 0 spiro atoms. The minimum Gasteiger partial charge on any atom is -0.389 e. The van der Waals surface area contributed by atoms with E-state index < -0.39 is 0 Å². The highest BCUT2D eigenvalue weighted by Crippen LogP contribution is 2.16. The molecule has 0 aliphatic carbocycles. The molecule has 15 heavy (non-hydrogen) atoms. The van der Waals surface area contributed by atoms with Gasteiger partial charge >= 0.3 is 0 Å². The van der Waals surface area contributed by atoms with Crippen molar-refractivity contribution in [1.29, 1.82) is 0 Å². The van der Waals surface area contributed by atoms with Crippen LogP contribution in [0, 0.1) is 0 Å². The van der Waals surface area contributed by atoms with Crippen LogP contribution in [0.4, 0.5) is 0 Å². The predicted octanol–water partition coefficient (Wildman–Crippen LogP) is -0.228. The number of nitrogens with zero attached hydrogens (tertiary/aromatic N) is 2. The maximum Gasteiger partial charge on any atom is 0.0950 e. The van der Waals surface area contributed by atoms with Gasteiger partial charge in [0.15, 0.2) is 0 Å². The molecule has 2 fully saturated rings. The SMILES string of the molecule is CC(C)N1CCN([C@@H]2COC[C@H]2O)CC1. The lowest BCUT2D eigenvalue weighted by molar-refractivity contribution is 0.0357. The van der Waals surface area contributed by atoms with Crippen molar-refractivity contribution in [3.63, 3.8) is 0 Å². The van der Waals surface area contributed by atoms with E-state index in [0.717, 1.165) is 26.2 Å². The van der Waals surface area contributed by atoms with E-state index >= 15 is 0 Å². The van der Waals surface area contributed by atoms with E-state index in [2.05, 4.69) is 23.6 Å². The van der Waals surface area contributed by atoms with E-state index in [0.29, 0.717) is 19.3 Å². The second kappa shape index (κ2) is 4.78. The zero-order chi connectivity index (χ0) is 10.8. The Morgan fingerprint density at radius 2 is 1.80 bits per heavy atom. The second-order valence-corrected chi connectivity index (χ2v) is 4.84. The van der Waals surface area contributed by atoms with Crippen LogP contribution >= 0.6 is 0 Å². The van der Waals surface area contributed by atoms with Gasteiger partial charge < -0.3 is 9.84 Å². The summed E-state index contributed by atoms with van der Waals surface area (Å²) in [5, 5.41) is 9.74. The molecule has 1 N–H and O–H groups in total. The van der Waals surface area contributed by atoms with Crippen LogP contribution in [0.5, 0.6) is 0 Å². The van der Waals surface area contributed by atoms with Crippen molar-refractivity contribution in [3.8, 4) is 0 Å². The van der Waals surface area contributed by atoms with Gasteiger partial charge in [0.2, 0.25) is 0 Å². The van der Waals surface area contributed by atoms with Gasteiger partial charge in [0.1, 0.15) is 0 Å². The van der Waals surface area contributed by atoms with Crippen molar-refractivity contribution in [2.24, 2.45) is 0 Å². The first-order chi connectivity index (χ1) is 7.18. The number of aliphatic hydroxyl groups excluding tert-OH is 1. The molecule has 4 nitrogen and oxygen atoms in total. The Kier molecular flexibility index (Phi) is 3.61. The van der Waals surface area contributed by atoms with Gasteiger partial charge in [0.25, 0.3) is 0 Å². The topological polar surface area (TPSA) is 35.9 Å². The summed E-state index contributed by atoms with van der Waals surface area (Å²) in [5.41, 5.74) is 0. The van der Waals surface area contributed by atoms with Crippen molar-refractivity contribution >= 4 is 0 Å². The fourth-order valence-corrected chi connectivity index (χ4v) is 2.47. The molecule has 0 aromatic carbocycles. The first kappa shape index (κ1) is 11.3. The van der Waals surface area contributed by atoms with Crippen LogP contribution in [-0.4, -0.2) is 72.5 Å². The fraction of sp³-hybridized carbons (Fsp3) is 1.00. The maximum absolute atomic E-state index is 9.74. The van der Waals surface area contributed by atoms with Gasteiger partial charge in [-0.15, -0.1) is 0 Å². The molecule has 2 aliphatic rings. The Morgan fingerprint density at radius 3 is 2.27 bits per heavy atom. The third kappa shape index (κ3) is 2.50. The highest BCUT2D eigenvalue weighted by atomic mass is 16.5. The van der Waals surface area contributed by atoms with Crippen LogP contribution in [0.1, 0.15) is 13.8 Å². The van der Waals surface area contributed by atoms with E-state index in [4.69, 9.17) is 4.74 Å². The van der Waals surface area contributed by atoms with Crippen molar-refractivity contribution in [1.82, 2.24) is 9.80 Å². The quantitative estimate of drug-likeness (QED) is 0.689. The zero-order valence-electron chi connectivity index (χ0n) is 9.72. The smallest absolute Gasteiger partial charge is 0.0950 e. The van der Waals surface area contributed by atoms with Crippen molar-refractivity contribution in [2.45, 2.75) is 32.0 Å². The lowest BCUT2D eigenvalue weighted by Crippen LogP contribution is -2.54. The van der Waals surface area contributed by atoms with E-state index in [9.17, 15) is 5.11 Å². The summed E-state index contributed by atoms with van der Waals surface area (Å²) in [5.74, 6) is 0. The van der Waals surface area contributed by atoms with E-state index in [-0.39, 0.29) is 12.1 Å². The van der Waals surface area contributed by atoms with Crippen molar-refractivity contribution < 1.29 is 9.84 Å². The van der Waals surface area contributed by atoms with Crippen molar-refractivity contribution in [3.05, 3.63) is 0 Å². The van der Waals surface area contributed by atoms with Gasteiger partial charge in [-0.25, -0.2) is 0 Å². The average Bonchev–Trinajstić information content (AvgIpc) is 2.65. The Balaban J connectivity index is 1.82. The van der Waals surface area contributed by atoms with Crippen LogP contribution in [0.25, 0.3) is 0 Å². The lowest BCUT2D eigenvalue weighted by Gasteiger charge is -2.40. The number of hydrogen-bond acceptors (Lipinski definition) is 4. The number of ether oxygens (including phenoxy) is 1. The molecule has 2 atom stereocenters. The van der Waals surface area contributed by atoms with Gasteiger partial charge in [0, 0.05) is 32.2 Å². The van der Waals surface area contributed by atoms with Gasteiger partial charge in [-0.05, 0) is 13.8 Å². The Bertz CT molecular complexity index is 203. The summed E-state index contributed by atoms with van der Waals surface area (Å²) in [6.07, 6.45) is -0.282. The van der Waals surface area contributed by atoms with Crippen LogP contribution in [0.3, 0.4) is 0 Å². The van der Waals surface area contributed by atoms with E-state index in [1.807, 2.05) is 0 Å². The monoisotopic (exact) mass is 214 g/mol. The molecule has 2 aliphatic heterocycles. The molecule has 88 valence electrons. The zero-order valence-corrected chi connectivity index (χ0v) is 9.72. The average molecular weight is 214 g/mol. The summed E-state index contributed by atoms with van der Waals surface area (Å²) in [4.78, 5) is 4.86. The van der Waals surface area contributed by atoms with Crippen LogP contribution in [0.2, 0.25) is 0 Å². The molecule has 0 saturated carbocycles. The second-order valence-electron chi connectivity index (χ2n) is 4.84. The summed E-state index contributed by atoms with van der Waals surface area (Å²) in [6, 6.07) is 0.871. The predicted molar refractivity (Wildman–Crippen MR) is 58.9 cm³/mol. The number of aliphatic hydroxyl groups is 1. The summed E-state index contributed by atoms with van der Waals surface area (Å²) < 4.78 is 5.29. The molecule has 2 heterocycles. The third-order valence-corrected chi connectivity index (χ3v) is 3.57. The molecule has 2 saturated heterocycles. The molecule has 0 radical (unpaired) electrons. The Labute approximate surface area is 91.8 Å². The molecule has 0 bridgehead atoms. The molecular weight excluding hydrogens is 192 g/mol. The molecule has 0 aromatic heterocycles. The van der Waals surface area contributed by atoms with Crippen molar-refractivity contribution in [2.75, 3.05) is 39.4 Å². The van der Waals surface area contributed by atoms with Gasteiger partial charge in [-0.1, -0.05) is 0 Å². The first-order valence-corrected chi connectivity index (χ1v) is 5.92. The molecule has 0 aromatic rings. The molecule has 2 rings (SSSR count). The number of hydrogen-bond donors (Lipinski definition) is 1. The normalized spacial score (nSPS) is 35.2. The van der Waals surface area contributed by atoms with Gasteiger partial charge in [-0.2, -0.15) is 0 Å². The summed E-state index contributed by atoms with van der Waals surface area (Å²) in [6.45, 7) is 10.0. The van der Waals surface area contributed by atoms with Crippen LogP contribution < -0.4 is 0 Å². The molecule has 0 amide bonds. The number of piperazine rings is 1. The van der Waals surface area contributed by atoms with Gasteiger partial charge in [-0.3, -0.25) is 9.80 Å². The lowest BCUT2D eigenvalue weighted by atomic mass is 10.1. The highest BCUT2D eigenvalue weighted by Gasteiger charge is 2.33. The first-order valence-electron chi connectivity index (χ1n) is 5.92. The minimum atomic E-state index is -0.282. The summed E-state index contributed by atoms with van der Waals surface area (Å²) in [7, 11) is 0. The van der Waals surface area contributed by atoms with E-state index in [1.165, 1.54) is 0 Å². The van der Waals surface area contributed by atoms with Crippen LogP contribution in [0.15, 0.2) is 0 Å². The standard InChI is InChI=1S/C11H22N2O2/c1-9(2)12-3-5-13(6-4-12)10-7-15-8-11(10)14/h9-11,14H,3-8H2,1-2H3/t10-,11-/m1/s1. The summed E-state index contributed by atoms with van der Waals surface area (Å²) >= 11 is 0. The molecule has 4 heteroatoms. The molecular formula is C11H22N2O2. The highest BCUT2D eigenvalue weighted by molar-refractivity contribution is 4.87. The Morgan fingerprint density at radius 1 is 1.13 bits per heavy atom. The number of rotatable bonds is 2. The third-order valence-electron chi connectivity index (χ3n) is 3.57. The van der Waals surface area contributed by atoms with Crippen LogP contribution in [-0.2, 0) is 4.74 Å². The maximum atomic E-state index is 9.74.